The summed E-state index contributed by atoms with van der Waals surface area (Å²) in [5.41, 5.74) is 0.868. The largest absolute Gasteiger partial charge is 0.511 e. The Kier molecular flexibility index (Phi) is 3.75. The maximum absolute atomic E-state index is 12.1. The van der Waals surface area contributed by atoms with Crippen molar-refractivity contribution in [2.75, 3.05) is 13.4 Å². The van der Waals surface area contributed by atoms with Gasteiger partial charge in [-0.15, -0.1) is 0 Å². The number of aliphatic hydroxyl groups excluding tert-OH is 1. The van der Waals surface area contributed by atoms with E-state index in [0.29, 0.717) is 17.1 Å². The lowest BCUT2D eigenvalue weighted by molar-refractivity contribution is -0.139. The van der Waals surface area contributed by atoms with Gasteiger partial charge in [-0.25, -0.2) is 4.79 Å². The molecule has 22 heavy (non-hydrogen) atoms. The van der Waals surface area contributed by atoms with Gasteiger partial charge in [0, 0.05) is 12.3 Å². The number of Topliss-reactive ketones (excluding diaryl/α,β-unsaturated/α-hetero) is 1. The lowest BCUT2D eigenvalue weighted by atomic mass is 9.81. The normalized spacial score (nSPS) is 20.2. The van der Waals surface area contributed by atoms with Gasteiger partial charge in [-0.3, -0.25) is 4.79 Å². The number of rotatable bonds is 3. The molecule has 0 spiro atoms. The van der Waals surface area contributed by atoms with E-state index in [9.17, 15) is 14.7 Å². The first-order valence-corrected chi connectivity index (χ1v) is 7.10. The smallest absolute Gasteiger partial charge is 0.338 e. The van der Waals surface area contributed by atoms with Crippen molar-refractivity contribution in [2.45, 2.75) is 25.7 Å². The SMILES string of the molecule is CCOC(=O)C1=C(O)CC(=O)CC1c1ccc2c(c1)OCO2. The van der Waals surface area contributed by atoms with Crippen LogP contribution in [0, 0.1) is 0 Å². The summed E-state index contributed by atoms with van der Waals surface area (Å²) in [6.45, 7) is 2.05. The van der Waals surface area contributed by atoms with Gasteiger partial charge in [-0.1, -0.05) is 6.07 Å². The molecule has 1 atom stereocenters. The average Bonchev–Trinajstić information content (AvgIpc) is 2.93. The molecule has 0 bridgehead atoms. The van der Waals surface area contributed by atoms with Gasteiger partial charge in [0.2, 0.25) is 6.79 Å². The third-order valence-electron chi connectivity index (χ3n) is 3.75. The van der Waals surface area contributed by atoms with E-state index < -0.39 is 11.9 Å². The Hall–Kier alpha value is -2.50. The van der Waals surface area contributed by atoms with Gasteiger partial charge in [-0.2, -0.15) is 0 Å². The van der Waals surface area contributed by atoms with Crippen LogP contribution in [0.3, 0.4) is 0 Å². The molecule has 0 fully saturated rings. The van der Waals surface area contributed by atoms with Gasteiger partial charge < -0.3 is 19.3 Å². The summed E-state index contributed by atoms with van der Waals surface area (Å²) in [4.78, 5) is 23.9. The quantitative estimate of drug-likeness (QED) is 0.862. The number of hydrogen-bond donors (Lipinski definition) is 1. The number of esters is 1. The highest BCUT2D eigenvalue weighted by atomic mass is 16.7. The van der Waals surface area contributed by atoms with Gasteiger partial charge in [0.15, 0.2) is 11.5 Å². The second-order valence-electron chi connectivity index (χ2n) is 5.17. The third kappa shape index (κ3) is 2.52. The summed E-state index contributed by atoms with van der Waals surface area (Å²) in [6, 6.07) is 5.23. The van der Waals surface area contributed by atoms with Gasteiger partial charge in [0.05, 0.1) is 18.6 Å². The molecule has 0 saturated heterocycles. The number of carbonyl (C=O) groups is 2. The molecule has 1 aromatic carbocycles. The second kappa shape index (κ2) is 5.71. The number of ether oxygens (including phenoxy) is 3. The molecule has 6 nitrogen and oxygen atoms in total. The maximum atomic E-state index is 12.1. The lowest BCUT2D eigenvalue weighted by Gasteiger charge is -2.24. The molecule has 1 N–H and O–H groups in total. The van der Waals surface area contributed by atoms with Crippen LogP contribution in [-0.4, -0.2) is 30.3 Å². The monoisotopic (exact) mass is 304 g/mol. The minimum atomic E-state index is -0.588. The molecule has 0 aromatic heterocycles. The Bertz CT molecular complexity index is 661. The Labute approximate surface area is 127 Å². The van der Waals surface area contributed by atoms with Crippen LogP contribution in [0.5, 0.6) is 11.5 Å². The lowest BCUT2D eigenvalue weighted by Crippen LogP contribution is -2.24. The molecule has 1 unspecified atom stereocenters. The topological polar surface area (TPSA) is 82.1 Å². The standard InChI is InChI=1S/C16H16O6/c1-2-20-16(19)15-11(6-10(17)7-12(15)18)9-3-4-13-14(5-9)22-8-21-13/h3-5,11,18H,2,6-8H2,1H3. The van der Waals surface area contributed by atoms with E-state index in [0.717, 1.165) is 0 Å². The average molecular weight is 304 g/mol. The highest BCUT2D eigenvalue weighted by Crippen LogP contribution is 2.40. The van der Waals surface area contributed by atoms with Gasteiger partial charge in [0.25, 0.3) is 0 Å². The van der Waals surface area contributed by atoms with Crippen molar-refractivity contribution in [3.63, 3.8) is 0 Å². The number of benzene rings is 1. The van der Waals surface area contributed by atoms with E-state index in [2.05, 4.69) is 0 Å². The number of allylic oxidation sites excluding steroid dienone is 1. The van der Waals surface area contributed by atoms with E-state index in [1.165, 1.54) is 0 Å². The number of fused-ring (bicyclic) bond motifs is 1. The molecular formula is C16H16O6. The summed E-state index contributed by atoms with van der Waals surface area (Å²) in [6.07, 6.45) is 0.0209. The molecular weight excluding hydrogens is 288 g/mol. The maximum Gasteiger partial charge on any atom is 0.338 e. The van der Waals surface area contributed by atoms with Crippen molar-refractivity contribution in [1.82, 2.24) is 0 Å². The highest BCUT2D eigenvalue weighted by molar-refractivity contribution is 5.96. The molecule has 2 aliphatic rings. The number of hydrogen-bond acceptors (Lipinski definition) is 6. The summed E-state index contributed by atoms with van der Waals surface area (Å²) >= 11 is 0. The predicted octanol–water partition coefficient (Wildman–Crippen LogP) is 2.24. The first-order chi connectivity index (χ1) is 10.6. The fraction of sp³-hybridized carbons (Fsp3) is 0.375. The van der Waals surface area contributed by atoms with Crippen molar-refractivity contribution in [3.05, 3.63) is 35.1 Å². The van der Waals surface area contributed by atoms with Crippen LogP contribution in [0.25, 0.3) is 0 Å². The van der Waals surface area contributed by atoms with E-state index in [1.54, 1.807) is 25.1 Å². The zero-order valence-corrected chi connectivity index (χ0v) is 12.1. The summed E-state index contributed by atoms with van der Waals surface area (Å²) < 4.78 is 15.6. The van der Waals surface area contributed by atoms with Crippen molar-refractivity contribution < 1.29 is 28.9 Å². The van der Waals surface area contributed by atoms with Crippen molar-refractivity contribution in [3.8, 4) is 11.5 Å². The summed E-state index contributed by atoms with van der Waals surface area (Å²) in [5, 5.41) is 10.1. The van der Waals surface area contributed by atoms with Gasteiger partial charge in [0.1, 0.15) is 11.5 Å². The Balaban J connectivity index is 2.00. The van der Waals surface area contributed by atoms with Crippen molar-refractivity contribution in [2.24, 2.45) is 0 Å². The third-order valence-corrected chi connectivity index (χ3v) is 3.75. The first-order valence-electron chi connectivity index (χ1n) is 7.10. The molecule has 1 aliphatic heterocycles. The van der Waals surface area contributed by atoms with Gasteiger partial charge in [-0.05, 0) is 24.6 Å². The Morgan fingerprint density at radius 1 is 1.36 bits per heavy atom. The number of ketones is 1. The fourth-order valence-electron chi connectivity index (χ4n) is 2.77. The Morgan fingerprint density at radius 2 is 2.14 bits per heavy atom. The van der Waals surface area contributed by atoms with Crippen LogP contribution < -0.4 is 9.47 Å². The van der Waals surface area contributed by atoms with Crippen molar-refractivity contribution in [1.29, 1.82) is 0 Å². The zero-order chi connectivity index (χ0) is 15.7. The second-order valence-corrected chi connectivity index (χ2v) is 5.17. The van der Waals surface area contributed by atoms with Crippen LogP contribution >= 0.6 is 0 Å². The van der Waals surface area contributed by atoms with E-state index in [4.69, 9.17) is 14.2 Å². The number of carbonyl (C=O) groups excluding carboxylic acids is 2. The molecule has 0 radical (unpaired) electrons. The van der Waals surface area contributed by atoms with E-state index in [-0.39, 0.29) is 43.4 Å². The van der Waals surface area contributed by atoms with E-state index >= 15 is 0 Å². The molecule has 3 rings (SSSR count). The van der Waals surface area contributed by atoms with Crippen molar-refractivity contribution >= 4 is 11.8 Å². The number of aliphatic hydroxyl groups is 1. The summed E-state index contributed by atoms with van der Waals surface area (Å²) in [7, 11) is 0. The molecule has 1 heterocycles. The van der Waals surface area contributed by atoms with Crippen LogP contribution in [0.1, 0.15) is 31.2 Å². The molecule has 0 amide bonds. The highest BCUT2D eigenvalue weighted by Gasteiger charge is 2.35. The molecule has 1 aliphatic carbocycles. The van der Waals surface area contributed by atoms with Crippen LogP contribution in [0.15, 0.2) is 29.5 Å². The van der Waals surface area contributed by atoms with E-state index in [1.807, 2.05) is 0 Å². The summed E-state index contributed by atoms with van der Waals surface area (Å²) in [5.74, 6) is -0.259. The molecule has 1 aromatic rings. The van der Waals surface area contributed by atoms with Crippen LogP contribution in [-0.2, 0) is 14.3 Å². The van der Waals surface area contributed by atoms with Crippen LogP contribution in [0.4, 0.5) is 0 Å². The first kappa shape index (κ1) is 14.4. The van der Waals surface area contributed by atoms with Crippen LogP contribution in [0.2, 0.25) is 0 Å². The molecule has 6 heteroatoms. The minimum absolute atomic E-state index is 0.117. The minimum Gasteiger partial charge on any atom is -0.511 e. The van der Waals surface area contributed by atoms with Gasteiger partial charge >= 0.3 is 5.97 Å². The predicted molar refractivity (Wildman–Crippen MR) is 75.8 cm³/mol. The fourth-order valence-corrected chi connectivity index (χ4v) is 2.77. The zero-order valence-electron chi connectivity index (χ0n) is 12.1. The molecule has 116 valence electrons. The molecule has 0 saturated carbocycles. The Morgan fingerprint density at radius 3 is 2.91 bits per heavy atom.